The highest BCUT2D eigenvalue weighted by molar-refractivity contribution is 5.73. The number of ether oxygens (including phenoxy) is 1. The number of benzene rings is 1. The van der Waals surface area contributed by atoms with E-state index < -0.39 is 12.0 Å². The van der Waals surface area contributed by atoms with Crippen LogP contribution in [-0.4, -0.2) is 30.3 Å². The van der Waals surface area contributed by atoms with Gasteiger partial charge >= 0.3 is 5.97 Å². The van der Waals surface area contributed by atoms with Gasteiger partial charge in [0.15, 0.2) is 0 Å². The van der Waals surface area contributed by atoms with Crippen LogP contribution in [0.3, 0.4) is 0 Å². The second-order valence-electron chi connectivity index (χ2n) is 5.24. The number of rotatable bonds is 4. The zero-order valence-corrected chi connectivity index (χ0v) is 10.8. The van der Waals surface area contributed by atoms with Gasteiger partial charge in [0.2, 0.25) is 0 Å². The molecule has 1 aromatic rings. The number of aryl methyl sites for hydroxylation is 2. The number of hydrogen-bond acceptors (Lipinski definition) is 3. The fourth-order valence-corrected chi connectivity index (χ4v) is 2.55. The second-order valence-corrected chi connectivity index (χ2v) is 5.24. The van der Waals surface area contributed by atoms with Gasteiger partial charge in [-0.05, 0) is 31.4 Å². The largest absolute Gasteiger partial charge is 0.480 e. The number of hydrogen-bond donors (Lipinski definition) is 2. The Balaban J connectivity index is 2.32. The third-order valence-corrected chi connectivity index (χ3v) is 3.65. The predicted molar refractivity (Wildman–Crippen MR) is 68.6 cm³/mol. The van der Waals surface area contributed by atoms with Crippen molar-refractivity contribution in [1.82, 2.24) is 0 Å². The molecule has 1 fully saturated rings. The topological polar surface area (TPSA) is 72.6 Å². The Morgan fingerprint density at radius 2 is 2.17 bits per heavy atom. The van der Waals surface area contributed by atoms with Crippen LogP contribution in [0, 0.1) is 13.8 Å². The minimum Gasteiger partial charge on any atom is -0.480 e. The van der Waals surface area contributed by atoms with Gasteiger partial charge in [-0.1, -0.05) is 23.8 Å². The SMILES string of the molecule is Cc1ccc(C)c(C2(CC(N)C(=O)O)COC2)c1. The fraction of sp³-hybridized carbons (Fsp3) is 0.500. The van der Waals surface area contributed by atoms with Crippen molar-refractivity contribution in [2.45, 2.75) is 31.7 Å². The summed E-state index contributed by atoms with van der Waals surface area (Å²) < 4.78 is 5.32. The van der Waals surface area contributed by atoms with E-state index in [-0.39, 0.29) is 5.41 Å². The summed E-state index contributed by atoms with van der Waals surface area (Å²) in [5.74, 6) is -0.952. The molecule has 18 heavy (non-hydrogen) atoms. The van der Waals surface area contributed by atoms with E-state index in [4.69, 9.17) is 15.6 Å². The van der Waals surface area contributed by atoms with E-state index in [1.165, 1.54) is 16.7 Å². The number of carboxylic acids is 1. The van der Waals surface area contributed by atoms with Gasteiger partial charge < -0.3 is 15.6 Å². The quantitative estimate of drug-likeness (QED) is 0.845. The summed E-state index contributed by atoms with van der Waals surface area (Å²) in [6.07, 6.45) is 0.423. The van der Waals surface area contributed by atoms with E-state index in [1.807, 2.05) is 13.8 Å². The van der Waals surface area contributed by atoms with Crippen LogP contribution in [0.1, 0.15) is 23.1 Å². The van der Waals surface area contributed by atoms with E-state index >= 15 is 0 Å². The summed E-state index contributed by atoms with van der Waals surface area (Å²) in [5, 5.41) is 8.97. The second kappa shape index (κ2) is 4.71. The molecule has 1 aromatic carbocycles. The Labute approximate surface area is 107 Å². The van der Waals surface area contributed by atoms with Crippen molar-refractivity contribution in [3.8, 4) is 0 Å². The van der Waals surface area contributed by atoms with Gasteiger partial charge in [-0.2, -0.15) is 0 Å². The molecule has 1 heterocycles. The molecule has 0 spiro atoms. The summed E-state index contributed by atoms with van der Waals surface area (Å²) in [4.78, 5) is 10.9. The van der Waals surface area contributed by atoms with E-state index in [2.05, 4.69) is 18.2 Å². The predicted octanol–water partition coefficient (Wildman–Crippen LogP) is 1.37. The van der Waals surface area contributed by atoms with Crippen molar-refractivity contribution in [3.05, 3.63) is 34.9 Å². The molecule has 0 saturated carbocycles. The zero-order valence-electron chi connectivity index (χ0n) is 10.8. The van der Waals surface area contributed by atoms with Crippen molar-refractivity contribution in [1.29, 1.82) is 0 Å². The first-order valence-corrected chi connectivity index (χ1v) is 6.08. The van der Waals surface area contributed by atoms with Crippen molar-refractivity contribution in [2.75, 3.05) is 13.2 Å². The Kier molecular flexibility index (Phi) is 3.41. The van der Waals surface area contributed by atoms with Gasteiger partial charge in [-0.25, -0.2) is 0 Å². The molecule has 1 aliphatic heterocycles. The summed E-state index contributed by atoms with van der Waals surface area (Å²) in [6, 6.07) is 5.40. The molecule has 1 saturated heterocycles. The Hall–Kier alpha value is -1.39. The number of nitrogens with two attached hydrogens (primary N) is 1. The molecule has 0 radical (unpaired) electrons. The molecular weight excluding hydrogens is 230 g/mol. The molecule has 3 N–H and O–H groups in total. The molecule has 2 rings (SSSR count). The van der Waals surface area contributed by atoms with Crippen LogP contribution in [0.5, 0.6) is 0 Å². The third kappa shape index (κ3) is 2.26. The van der Waals surface area contributed by atoms with Crippen LogP contribution in [-0.2, 0) is 14.9 Å². The van der Waals surface area contributed by atoms with Crippen LogP contribution in [0.2, 0.25) is 0 Å². The van der Waals surface area contributed by atoms with Crippen molar-refractivity contribution < 1.29 is 14.6 Å². The lowest BCUT2D eigenvalue weighted by molar-refractivity contribution is -0.141. The first-order chi connectivity index (χ1) is 8.44. The average molecular weight is 249 g/mol. The maximum absolute atomic E-state index is 10.9. The van der Waals surface area contributed by atoms with Crippen molar-refractivity contribution in [3.63, 3.8) is 0 Å². The van der Waals surface area contributed by atoms with Gasteiger partial charge in [0.1, 0.15) is 6.04 Å². The summed E-state index contributed by atoms with van der Waals surface area (Å²) >= 11 is 0. The first kappa shape index (κ1) is 13.1. The fourth-order valence-electron chi connectivity index (χ4n) is 2.55. The molecule has 0 aliphatic carbocycles. The lowest BCUT2D eigenvalue weighted by Crippen LogP contribution is -2.52. The normalized spacial score (nSPS) is 19.1. The lowest BCUT2D eigenvalue weighted by Gasteiger charge is -2.44. The zero-order chi connectivity index (χ0) is 13.3. The molecule has 4 nitrogen and oxygen atoms in total. The van der Waals surface area contributed by atoms with Crippen LogP contribution in [0.25, 0.3) is 0 Å². The maximum Gasteiger partial charge on any atom is 0.320 e. The van der Waals surface area contributed by atoms with E-state index in [0.717, 1.165) is 0 Å². The van der Waals surface area contributed by atoms with Gasteiger partial charge in [0.05, 0.1) is 13.2 Å². The minimum atomic E-state index is -0.952. The average Bonchev–Trinajstić information content (AvgIpc) is 2.26. The monoisotopic (exact) mass is 249 g/mol. The summed E-state index contributed by atoms with van der Waals surface area (Å²) in [7, 11) is 0. The van der Waals surface area contributed by atoms with Gasteiger partial charge in [-0.15, -0.1) is 0 Å². The number of carboxylic acid groups (broad SMARTS) is 1. The van der Waals surface area contributed by atoms with Crippen LogP contribution < -0.4 is 5.73 Å². The molecule has 0 aromatic heterocycles. The molecule has 1 aliphatic rings. The molecule has 1 unspecified atom stereocenters. The third-order valence-electron chi connectivity index (χ3n) is 3.65. The Morgan fingerprint density at radius 3 is 2.67 bits per heavy atom. The Morgan fingerprint density at radius 1 is 1.50 bits per heavy atom. The highest BCUT2D eigenvalue weighted by Crippen LogP contribution is 2.38. The summed E-state index contributed by atoms with van der Waals surface area (Å²) in [5.41, 5.74) is 8.97. The van der Waals surface area contributed by atoms with E-state index in [9.17, 15) is 4.79 Å². The first-order valence-electron chi connectivity index (χ1n) is 6.08. The number of carbonyl (C=O) groups is 1. The standard InChI is InChI=1S/C14H19NO3/c1-9-3-4-10(2)11(5-9)14(7-18-8-14)6-12(15)13(16)17/h3-5,12H,6-8,15H2,1-2H3,(H,16,17). The van der Waals surface area contributed by atoms with Crippen LogP contribution in [0.15, 0.2) is 18.2 Å². The molecule has 1 atom stereocenters. The van der Waals surface area contributed by atoms with E-state index in [1.54, 1.807) is 0 Å². The molecular formula is C14H19NO3. The van der Waals surface area contributed by atoms with Crippen molar-refractivity contribution in [2.24, 2.45) is 5.73 Å². The van der Waals surface area contributed by atoms with Gasteiger partial charge in [0, 0.05) is 5.41 Å². The molecule has 98 valence electrons. The van der Waals surface area contributed by atoms with E-state index in [0.29, 0.717) is 19.6 Å². The smallest absolute Gasteiger partial charge is 0.320 e. The van der Waals surface area contributed by atoms with Crippen molar-refractivity contribution >= 4 is 5.97 Å². The molecule has 0 bridgehead atoms. The van der Waals surface area contributed by atoms with Crippen LogP contribution >= 0.6 is 0 Å². The molecule has 0 amide bonds. The summed E-state index contributed by atoms with van der Waals surface area (Å²) in [6.45, 7) is 5.19. The highest BCUT2D eigenvalue weighted by atomic mass is 16.5. The minimum absolute atomic E-state index is 0.228. The Bertz CT molecular complexity index is 466. The number of aliphatic carboxylic acids is 1. The van der Waals surface area contributed by atoms with Gasteiger partial charge in [-0.3, -0.25) is 4.79 Å². The maximum atomic E-state index is 10.9. The van der Waals surface area contributed by atoms with Crippen LogP contribution in [0.4, 0.5) is 0 Å². The highest BCUT2D eigenvalue weighted by Gasteiger charge is 2.43. The lowest BCUT2D eigenvalue weighted by atomic mass is 9.72. The molecule has 4 heteroatoms. The van der Waals surface area contributed by atoms with Gasteiger partial charge in [0.25, 0.3) is 0 Å².